The maximum atomic E-state index is 13.1. The molecule has 0 spiro atoms. The minimum absolute atomic E-state index is 0.0763. The van der Waals surface area contributed by atoms with E-state index < -0.39 is 5.41 Å². The highest BCUT2D eigenvalue weighted by Crippen LogP contribution is 2.42. The van der Waals surface area contributed by atoms with Crippen LogP contribution in [0.1, 0.15) is 18.5 Å². The summed E-state index contributed by atoms with van der Waals surface area (Å²) >= 11 is 0. The number of hydrogen-bond donors (Lipinski definition) is 2. The minimum atomic E-state index is -0.469. The van der Waals surface area contributed by atoms with Crippen molar-refractivity contribution in [3.05, 3.63) is 36.3 Å². The van der Waals surface area contributed by atoms with Gasteiger partial charge in [-0.3, -0.25) is 9.59 Å². The Hall–Kier alpha value is -2.41. The first-order chi connectivity index (χ1) is 13.2. The van der Waals surface area contributed by atoms with Gasteiger partial charge in [0.25, 0.3) is 0 Å². The van der Waals surface area contributed by atoms with E-state index in [0.717, 1.165) is 30.7 Å². The SMILES string of the molecule is O=C(C1CC1)N1C[C@@H]2CNC[C@]2(C(=O)NCCc2cn3ccccc3n2)C1. The summed E-state index contributed by atoms with van der Waals surface area (Å²) in [5, 5.41) is 6.48. The fourth-order valence-corrected chi connectivity index (χ4v) is 4.59. The zero-order valence-electron chi connectivity index (χ0n) is 15.4. The van der Waals surface area contributed by atoms with E-state index in [1.165, 1.54) is 0 Å². The third-order valence-electron chi connectivity index (χ3n) is 6.30. The molecule has 7 nitrogen and oxygen atoms in total. The summed E-state index contributed by atoms with van der Waals surface area (Å²) in [6.45, 7) is 3.30. The van der Waals surface area contributed by atoms with Crippen LogP contribution in [0.4, 0.5) is 0 Å². The van der Waals surface area contributed by atoms with Gasteiger partial charge in [0.05, 0.1) is 11.1 Å². The largest absolute Gasteiger partial charge is 0.355 e. The van der Waals surface area contributed by atoms with Gasteiger partial charge in [-0.1, -0.05) is 6.07 Å². The second kappa shape index (κ2) is 6.34. The van der Waals surface area contributed by atoms with Gasteiger partial charge < -0.3 is 19.9 Å². The number of nitrogens with one attached hydrogen (secondary N) is 2. The number of pyridine rings is 1. The first kappa shape index (κ1) is 16.7. The summed E-state index contributed by atoms with van der Waals surface area (Å²) in [7, 11) is 0. The molecule has 0 aromatic carbocycles. The van der Waals surface area contributed by atoms with Gasteiger partial charge in [-0.25, -0.2) is 4.98 Å². The molecule has 0 radical (unpaired) electrons. The lowest BCUT2D eigenvalue weighted by molar-refractivity contribution is -0.133. The van der Waals surface area contributed by atoms with Crippen LogP contribution in [-0.4, -0.2) is 58.8 Å². The number of carbonyl (C=O) groups excluding carboxylic acids is 2. The number of aromatic nitrogens is 2. The van der Waals surface area contributed by atoms with E-state index in [0.29, 0.717) is 32.6 Å². The highest BCUT2D eigenvalue weighted by Gasteiger charge is 2.56. The average molecular weight is 367 g/mol. The standard InChI is InChI=1S/C20H25N5O2/c26-18(14-4-5-14)25-10-15-9-21-12-20(15,13-25)19(27)22-7-6-16-11-24-8-2-1-3-17(24)23-16/h1-3,8,11,14-15,21H,4-7,9-10,12-13H2,(H,22,27)/t15-,20-/m0/s1. The predicted molar refractivity (Wildman–Crippen MR) is 100 cm³/mol. The lowest BCUT2D eigenvalue weighted by Crippen LogP contribution is -2.48. The molecule has 2 atom stereocenters. The molecule has 5 rings (SSSR count). The summed E-state index contributed by atoms with van der Waals surface area (Å²) in [5.41, 5.74) is 1.42. The van der Waals surface area contributed by atoms with Gasteiger partial charge in [0.2, 0.25) is 11.8 Å². The third-order valence-corrected chi connectivity index (χ3v) is 6.30. The molecule has 1 aliphatic carbocycles. The van der Waals surface area contributed by atoms with Crippen molar-refractivity contribution in [2.75, 3.05) is 32.7 Å². The number of rotatable bonds is 5. The Morgan fingerprint density at radius 3 is 3.04 bits per heavy atom. The molecule has 2 aliphatic heterocycles. The smallest absolute Gasteiger partial charge is 0.229 e. The molecule has 1 saturated carbocycles. The lowest BCUT2D eigenvalue weighted by atomic mass is 9.80. The summed E-state index contributed by atoms with van der Waals surface area (Å²) < 4.78 is 1.99. The Morgan fingerprint density at radius 1 is 1.33 bits per heavy atom. The van der Waals surface area contributed by atoms with Crippen molar-refractivity contribution < 1.29 is 9.59 Å². The van der Waals surface area contributed by atoms with Gasteiger partial charge in [-0.15, -0.1) is 0 Å². The third kappa shape index (κ3) is 2.90. The number of fused-ring (bicyclic) bond motifs is 2. The quantitative estimate of drug-likeness (QED) is 0.804. The molecule has 142 valence electrons. The van der Waals surface area contributed by atoms with E-state index in [4.69, 9.17) is 0 Å². The van der Waals surface area contributed by atoms with Gasteiger partial charge in [0.1, 0.15) is 5.65 Å². The second-order valence-electron chi connectivity index (χ2n) is 8.18. The Bertz CT molecular complexity index is 856. The number of amides is 2. The minimum Gasteiger partial charge on any atom is -0.355 e. The highest BCUT2D eigenvalue weighted by molar-refractivity contribution is 5.87. The van der Waals surface area contributed by atoms with E-state index in [-0.39, 0.29) is 23.7 Å². The molecule has 27 heavy (non-hydrogen) atoms. The zero-order chi connectivity index (χ0) is 18.4. The normalized spacial score (nSPS) is 27.1. The topological polar surface area (TPSA) is 78.7 Å². The molecule has 0 bridgehead atoms. The van der Waals surface area contributed by atoms with Crippen LogP contribution >= 0.6 is 0 Å². The number of hydrogen-bond acceptors (Lipinski definition) is 4. The fraction of sp³-hybridized carbons (Fsp3) is 0.550. The molecule has 2 aromatic heterocycles. The lowest BCUT2D eigenvalue weighted by Gasteiger charge is -2.26. The molecule has 2 N–H and O–H groups in total. The van der Waals surface area contributed by atoms with Crippen molar-refractivity contribution in [1.82, 2.24) is 24.9 Å². The highest BCUT2D eigenvalue weighted by atomic mass is 16.2. The van der Waals surface area contributed by atoms with Gasteiger partial charge in [0, 0.05) is 63.4 Å². The summed E-state index contributed by atoms with van der Waals surface area (Å²) in [4.78, 5) is 32.0. The summed E-state index contributed by atoms with van der Waals surface area (Å²) in [5.74, 6) is 0.760. The van der Waals surface area contributed by atoms with E-state index in [9.17, 15) is 9.59 Å². The van der Waals surface area contributed by atoms with Crippen molar-refractivity contribution in [3.8, 4) is 0 Å². The molecule has 0 unspecified atom stereocenters. The second-order valence-corrected chi connectivity index (χ2v) is 8.18. The monoisotopic (exact) mass is 367 g/mol. The molecule has 4 heterocycles. The first-order valence-electron chi connectivity index (χ1n) is 9.86. The van der Waals surface area contributed by atoms with Gasteiger partial charge in [0.15, 0.2) is 0 Å². The molecular weight excluding hydrogens is 342 g/mol. The number of carbonyl (C=O) groups is 2. The van der Waals surface area contributed by atoms with Crippen LogP contribution < -0.4 is 10.6 Å². The van der Waals surface area contributed by atoms with Gasteiger partial charge in [-0.05, 0) is 25.0 Å². The Kier molecular flexibility index (Phi) is 3.93. The fourth-order valence-electron chi connectivity index (χ4n) is 4.59. The molecular formula is C20H25N5O2. The van der Waals surface area contributed by atoms with Gasteiger partial charge in [-0.2, -0.15) is 0 Å². The Labute approximate surface area is 158 Å². The molecule has 3 aliphatic rings. The predicted octanol–water partition coefficient (Wildman–Crippen LogP) is 0.451. The van der Waals surface area contributed by atoms with Crippen molar-refractivity contribution in [3.63, 3.8) is 0 Å². The molecule has 3 fully saturated rings. The molecule has 2 aromatic rings. The summed E-state index contributed by atoms with van der Waals surface area (Å²) in [6, 6.07) is 5.91. The maximum Gasteiger partial charge on any atom is 0.229 e. The van der Waals surface area contributed by atoms with Crippen molar-refractivity contribution >= 4 is 17.5 Å². The molecule has 2 saturated heterocycles. The van der Waals surface area contributed by atoms with Crippen LogP contribution in [0.5, 0.6) is 0 Å². The Morgan fingerprint density at radius 2 is 2.22 bits per heavy atom. The maximum absolute atomic E-state index is 13.1. The van der Waals surface area contributed by atoms with E-state index in [1.807, 2.05) is 39.9 Å². The Balaban J connectivity index is 1.22. The van der Waals surface area contributed by atoms with E-state index >= 15 is 0 Å². The van der Waals surface area contributed by atoms with E-state index in [2.05, 4.69) is 15.6 Å². The van der Waals surface area contributed by atoms with Crippen molar-refractivity contribution in [2.45, 2.75) is 19.3 Å². The average Bonchev–Trinajstić information content (AvgIpc) is 3.14. The van der Waals surface area contributed by atoms with Crippen LogP contribution in [0, 0.1) is 17.3 Å². The molecule has 2 amide bonds. The van der Waals surface area contributed by atoms with Gasteiger partial charge >= 0.3 is 0 Å². The van der Waals surface area contributed by atoms with Crippen LogP contribution in [0.25, 0.3) is 5.65 Å². The number of nitrogens with zero attached hydrogens (tertiary/aromatic N) is 3. The van der Waals surface area contributed by atoms with Crippen LogP contribution in [0.15, 0.2) is 30.6 Å². The van der Waals surface area contributed by atoms with Crippen LogP contribution in [-0.2, 0) is 16.0 Å². The zero-order valence-corrected chi connectivity index (χ0v) is 15.4. The number of imidazole rings is 1. The van der Waals surface area contributed by atoms with E-state index in [1.54, 1.807) is 0 Å². The van der Waals surface area contributed by atoms with Crippen LogP contribution in [0.2, 0.25) is 0 Å². The summed E-state index contributed by atoms with van der Waals surface area (Å²) in [6.07, 6.45) is 6.70. The molecule has 7 heteroatoms. The van der Waals surface area contributed by atoms with Crippen molar-refractivity contribution in [2.24, 2.45) is 17.3 Å². The van der Waals surface area contributed by atoms with Crippen molar-refractivity contribution in [1.29, 1.82) is 0 Å². The van der Waals surface area contributed by atoms with Crippen LogP contribution in [0.3, 0.4) is 0 Å². The number of likely N-dealkylation sites (tertiary alicyclic amines) is 1. The first-order valence-corrected chi connectivity index (χ1v) is 9.86.